The Morgan fingerprint density at radius 1 is 1.50 bits per heavy atom. The molecular formula is C10H21N3O. The van der Waals surface area contributed by atoms with Gasteiger partial charge in [0.1, 0.15) is 0 Å². The average Bonchev–Trinajstić information content (AvgIpc) is 2.49. The van der Waals surface area contributed by atoms with E-state index in [0.717, 1.165) is 19.3 Å². The zero-order valence-corrected chi connectivity index (χ0v) is 9.29. The average molecular weight is 199 g/mol. The van der Waals surface area contributed by atoms with Crippen molar-refractivity contribution in [3.8, 4) is 0 Å². The van der Waals surface area contributed by atoms with Crippen LogP contribution in [0.2, 0.25) is 0 Å². The van der Waals surface area contributed by atoms with Crippen molar-refractivity contribution < 1.29 is 4.79 Å². The molecule has 3 N–H and O–H groups in total. The van der Waals surface area contributed by atoms with Crippen LogP contribution in [0.15, 0.2) is 0 Å². The fourth-order valence-electron chi connectivity index (χ4n) is 1.98. The summed E-state index contributed by atoms with van der Waals surface area (Å²) in [5, 5.41) is 3.32. The molecule has 1 aliphatic rings. The van der Waals surface area contributed by atoms with Crippen LogP contribution < -0.4 is 11.1 Å². The van der Waals surface area contributed by atoms with E-state index in [0.29, 0.717) is 12.1 Å². The molecule has 3 unspecified atom stereocenters. The van der Waals surface area contributed by atoms with Crippen molar-refractivity contribution in [1.29, 1.82) is 0 Å². The van der Waals surface area contributed by atoms with Gasteiger partial charge in [0.2, 0.25) is 5.91 Å². The molecule has 0 aromatic heterocycles. The first kappa shape index (κ1) is 11.5. The van der Waals surface area contributed by atoms with Gasteiger partial charge in [0, 0.05) is 26.2 Å². The van der Waals surface area contributed by atoms with E-state index in [9.17, 15) is 4.79 Å². The van der Waals surface area contributed by atoms with Gasteiger partial charge in [0.05, 0.1) is 6.04 Å². The summed E-state index contributed by atoms with van der Waals surface area (Å²) in [5.41, 5.74) is 5.80. The molecule has 0 aliphatic heterocycles. The van der Waals surface area contributed by atoms with Gasteiger partial charge < -0.3 is 16.0 Å². The fourth-order valence-corrected chi connectivity index (χ4v) is 1.98. The van der Waals surface area contributed by atoms with E-state index in [1.54, 1.807) is 19.0 Å². The zero-order valence-electron chi connectivity index (χ0n) is 9.29. The van der Waals surface area contributed by atoms with Gasteiger partial charge >= 0.3 is 0 Å². The molecule has 0 heterocycles. The van der Waals surface area contributed by atoms with E-state index in [1.165, 1.54) is 0 Å². The monoisotopic (exact) mass is 199 g/mol. The molecular weight excluding hydrogens is 178 g/mol. The first-order valence-electron chi connectivity index (χ1n) is 5.23. The molecule has 1 aliphatic carbocycles. The molecule has 1 fully saturated rings. The molecule has 3 atom stereocenters. The Morgan fingerprint density at radius 2 is 2.14 bits per heavy atom. The predicted molar refractivity (Wildman–Crippen MR) is 56.9 cm³/mol. The van der Waals surface area contributed by atoms with Crippen LogP contribution in [0.4, 0.5) is 0 Å². The highest BCUT2D eigenvalue weighted by atomic mass is 16.2. The minimum atomic E-state index is -0.0969. The molecule has 0 saturated heterocycles. The quantitative estimate of drug-likeness (QED) is 0.669. The summed E-state index contributed by atoms with van der Waals surface area (Å²) >= 11 is 0. The number of rotatable bonds is 3. The number of nitrogens with two attached hydrogens (primary N) is 1. The predicted octanol–water partition coefficient (Wildman–Crippen LogP) is -0.0675. The summed E-state index contributed by atoms with van der Waals surface area (Å²) in [4.78, 5) is 13.2. The van der Waals surface area contributed by atoms with Crippen LogP contribution >= 0.6 is 0 Å². The van der Waals surface area contributed by atoms with E-state index < -0.39 is 0 Å². The highest BCUT2D eigenvalue weighted by Gasteiger charge is 2.25. The van der Waals surface area contributed by atoms with E-state index in [1.807, 2.05) is 6.92 Å². The molecule has 14 heavy (non-hydrogen) atoms. The Morgan fingerprint density at radius 3 is 2.57 bits per heavy atom. The lowest BCUT2D eigenvalue weighted by atomic mass is 10.2. The lowest BCUT2D eigenvalue weighted by molar-refractivity contribution is -0.130. The van der Waals surface area contributed by atoms with Crippen molar-refractivity contribution in [2.24, 2.45) is 5.73 Å². The number of nitrogens with zero attached hydrogens (tertiary/aromatic N) is 1. The largest absolute Gasteiger partial charge is 0.347 e. The molecule has 0 spiro atoms. The molecule has 1 rings (SSSR count). The third-order valence-electron chi connectivity index (χ3n) is 2.77. The van der Waals surface area contributed by atoms with Crippen LogP contribution in [0.5, 0.6) is 0 Å². The van der Waals surface area contributed by atoms with Gasteiger partial charge in [-0.15, -0.1) is 0 Å². The lowest BCUT2D eigenvalue weighted by Crippen LogP contribution is -2.45. The van der Waals surface area contributed by atoms with Crippen LogP contribution in [-0.4, -0.2) is 43.0 Å². The second kappa shape index (κ2) is 4.75. The maximum atomic E-state index is 11.5. The van der Waals surface area contributed by atoms with Crippen molar-refractivity contribution in [2.45, 2.75) is 44.3 Å². The topological polar surface area (TPSA) is 58.4 Å². The van der Waals surface area contributed by atoms with E-state index in [4.69, 9.17) is 5.73 Å². The van der Waals surface area contributed by atoms with Gasteiger partial charge in [-0.3, -0.25) is 4.79 Å². The molecule has 0 aromatic rings. The Labute approximate surface area is 85.8 Å². The van der Waals surface area contributed by atoms with Gasteiger partial charge in [0.15, 0.2) is 0 Å². The van der Waals surface area contributed by atoms with E-state index in [-0.39, 0.29) is 11.9 Å². The Bertz CT molecular complexity index is 206. The third-order valence-corrected chi connectivity index (χ3v) is 2.77. The van der Waals surface area contributed by atoms with Crippen molar-refractivity contribution in [3.05, 3.63) is 0 Å². The smallest absolute Gasteiger partial charge is 0.238 e. The van der Waals surface area contributed by atoms with Crippen molar-refractivity contribution in [2.75, 3.05) is 14.1 Å². The van der Waals surface area contributed by atoms with Gasteiger partial charge in [-0.1, -0.05) is 0 Å². The Hall–Kier alpha value is -0.610. The highest BCUT2D eigenvalue weighted by molar-refractivity contribution is 5.80. The third kappa shape index (κ3) is 2.96. The Kier molecular flexibility index (Phi) is 3.89. The molecule has 0 radical (unpaired) electrons. The molecule has 0 bridgehead atoms. The SMILES string of the molecule is CC(NC1CCC(N)C1)C(=O)N(C)C. The number of hydrogen-bond acceptors (Lipinski definition) is 3. The van der Waals surface area contributed by atoms with Crippen LogP contribution in [-0.2, 0) is 4.79 Å². The summed E-state index contributed by atoms with van der Waals surface area (Å²) in [6.07, 6.45) is 3.15. The minimum Gasteiger partial charge on any atom is -0.347 e. The summed E-state index contributed by atoms with van der Waals surface area (Å²) in [7, 11) is 3.56. The lowest BCUT2D eigenvalue weighted by Gasteiger charge is -2.21. The summed E-state index contributed by atoms with van der Waals surface area (Å²) in [6, 6.07) is 0.637. The van der Waals surface area contributed by atoms with Crippen molar-refractivity contribution >= 4 is 5.91 Å². The summed E-state index contributed by atoms with van der Waals surface area (Å²) < 4.78 is 0. The second-order valence-corrected chi connectivity index (χ2v) is 4.39. The Balaban J connectivity index is 2.33. The molecule has 0 aromatic carbocycles. The highest BCUT2D eigenvalue weighted by Crippen LogP contribution is 2.17. The van der Waals surface area contributed by atoms with Crippen LogP contribution in [0.3, 0.4) is 0 Å². The normalized spacial score (nSPS) is 28.9. The summed E-state index contributed by atoms with van der Waals surface area (Å²) in [6.45, 7) is 1.91. The maximum absolute atomic E-state index is 11.5. The molecule has 1 amide bonds. The number of nitrogens with one attached hydrogen (secondary N) is 1. The fraction of sp³-hybridized carbons (Fsp3) is 0.900. The van der Waals surface area contributed by atoms with E-state index >= 15 is 0 Å². The first-order valence-corrected chi connectivity index (χ1v) is 5.23. The number of amides is 1. The summed E-state index contributed by atoms with van der Waals surface area (Å²) in [5.74, 6) is 0.130. The van der Waals surface area contributed by atoms with Crippen LogP contribution in [0.25, 0.3) is 0 Å². The van der Waals surface area contributed by atoms with Crippen molar-refractivity contribution in [3.63, 3.8) is 0 Å². The molecule has 82 valence electrons. The maximum Gasteiger partial charge on any atom is 0.238 e. The number of carbonyl (C=O) groups is 1. The first-order chi connectivity index (χ1) is 6.50. The van der Waals surface area contributed by atoms with E-state index in [2.05, 4.69) is 5.32 Å². The van der Waals surface area contributed by atoms with Crippen LogP contribution in [0.1, 0.15) is 26.2 Å². The standard InChI is InChI=1S/C10H21N3O/c1-7(10(14)13(2)3)12-9-5-4-8(11)6-9/h7-9,12H,4-6,11H2,1-3H3. The number of carbonyl (C=O) groups excluding carboxylic acids is 1. The molecule has 4 nitrogen and oxygen atoms in total. The minimum absolute atomic E-state index is 0.0969. The van der Waals surface area contributed by atoms with Crippen LogP contribution in [0, 0.1) is 0 Å². The second-order valence-electron chi connectivity index (χ2n) is 4.39. The molecule has 4 heteroatoms. The number of likely N-dealkylation sites (N-methyl/N-ethyl adjacent to an activating group) is 1. The van der Waals surface area contributed by atoms with Crippen molar-refractivity contribution in [1.82, 2.24) is 10.2 Å². The number of hydrogen-bond donors (Lipinski definition) is 2. The zero-order chi connectivity index (χ0) is 10.7. The van der Waals surface area contributed by atoms with Gasteiger partial charge in [-0.2, -0.15) is 0 Å². The van der Waals surface area contributed by atoms with Gasteiger partial charge in [0.25, 0.3) is 0 Å². The van der Waals surface area contributed by atoms with Gasteiger partial charge in [-0.25, -0.2) is 0 Å². The molecule has 1 saturated carbocycles. The van der Waals surface area contributed by atoms with Gasteiger partial charge in [-0.05, 0) is 26.2 Å².